The van der Waals surface area contributed by atoms with Crippen molar-refractivity contribution in [1.82, 2.24) is 0 Å². The van der Waals surface area contributed by atoms with Gasteiger partial charge in [0, 0.05) is 12.2 Å². The number of fused-ring (bicyclic) bond motifs is 1. The van der Waals surface area contributed by atoms with Crippen LogP contribution in [0.15, 0.2) is 42.5 Å². The maximum Gasteiger partial charge on any atom is 0.526 e. The molecule has 8 nitrogen and oxygen atoms in total. The Balaban J connectivity index is 1.69. The van der Waals surface area contributed by atoms with Gasteiger partial charge >= 0.3 is 19.1 Å². The van der Waals surface area contributed by atoms with E-state index in [0.717, 1.165) is 0 Å². The van der Waals surface area contributed by atoms with Gasteiger partial charge < -0.3 is 23.9 Å². The second-order valence-electron chi connectivity index (χ2n) is 8.83. The quantitative estimate of drug-likeness (QED) is 0.293. The zero-order valence-electron chi connectivity index (χ0n) is 19.1. The monoisotopic (exact) mass is 454 g/mol. The van der Waals surface area contributed by atoms with Crippen molar-refractivity contribution in [2.45, 2.75) is 39.4 Å². The summed E-state index contributed by atoms with van der Waals surface area (Å²) in [5, 5.41) is 10.6. The Morgan fingerprint density at radius 2 is 1.76 bits per heavy atom. The van der Waals surface area contributed by atoms with Crippen LogP contribution in [0.2, 0.25) is 5.82 Å². The molecule has 1 N–H and O–H groups in total. The van der Waals surface area contributed by atoms with Crippen LogP contribution in [0, 0.1) is 5.41 Å². The predicted octanol–water partition coefficient (Wildman–Crippen LogP) is 3.46. The first-order valence-corrected chi connectivity index (χ1v) is 10.6. The number of rotatable bonds is 7. The van der Waals surface area contributed by atoms with Crippen molar-refractivity contribution >= 4 is 24.8 Å². The summed E-state index contributed by atoms with van der Waals surface area (Å²) < 4.78 is 20.9. The summed E-state index contributed by atoms with van der Waals surface area (Å²) in [6, 6.07) is 11.8. The average Bonchev–Trinajstić information content (AvgIpc) is 2.78. The molecule has 1 atom stereocenters. The predicted molar refractivity (Wildman–Crippen MR) is 120 cm³/mol. The van der Waals surface area contributed by atoms with E-state index in [9.17, 15) is 19.4 Å². The lowest BCUT2D eigenvalue weighted by Gasteiger charge is -2.28. The molecular formula is C24H27BO8. The van der Waals surface area contributed by atoms with Crippen molar-refractivity contribution in [2.24, 2.45) is 5.41 Å². The number of carbonyl (C=O) groups is 3. The molecule has 0 saturated heterocycles. The highest BCUT2D eigenvalue weighted by Crippen LogP contribution is 2.37. The summed E-state index contributed by atoms with van der Waals surface area (Å²) in [5.41, 5.74) is 0.481. The zero-order valence-corrected chi connectivity index (χ0v) is 19.1. The fourth-order valence-electron chi connectivity index (χ4n) is 3.47. The molecule has 9 heteroatoms. The summed E-state index contributed by atoms with van der Waals surface area (Å²) in [6.07, 6.45) is 0.371. The Morgan fingerprint density at radius 1 is 1.06 bits per heavy atom. The highest BCUT2D eigenvalue weighted by Gasteiger charge is 2.38. The number of esters is 2. The summed E-state index contributed by atoms with van der Waals surface area (Å²) >= 11 is 0. The lowest BCUT2D eigenvalue weighted by Crippen LogP contribution is -2.36. The highest BCUT2D eigenvalue weighted by atomic mass is 16.7. The molecule has 0 fully saturated rings. The molecule has 3 rings (SSSR count). The standard InChI is InChI=1S/C24H27BO8/c1-24(2,3)23(28)32-14-31-22(27)18-10-7-8-15-12-16(25(29)33-21(15)18)13-19(26)17-9-5-6-11-20(17)30-4/h5-11,16,29H,12-14H2,1-4H3/t16-/m1/s1. The second kappa shape index (κ2) is 10.1. The number of benzene rings is 2. The van der Waals surface area contributed by atoms with E-state index in [4.69, 9.17) is 18.9 Å². The van der Waals surface area contributed by atoms with Crippen molar-refractivity contribution in [3.63, 3.8) is 0 Å². The smallest absolute Gasteiger partial charge is 0.526 e. The van der Waals surface area contributed by atoms with E-state index in [1.54, 1.807) is 57.2 Å². The number of Topliss-reactive ketones (excluding diaryl/α,β-unsaturated/α-hetero) is 1. The van der Waals surface area contributed by atoms with E-state index >= 15 is 0 Å². The van der Waals surface area contributed by atoms with Crippen molar-refractivity contribution in [1.29, 1.82) is 0 Å². The van der Waals surface area contributed by atoms with Crippen LogP contribution in [0.1, 0.15) is 53.5 Å². The van der Waals surface area contributed by atoms with Crippen LogP contribution in [0.3, 0.4) is 0 Å². The van der Waals surface area contributed by atoms with Crippen LogP contribution in [0.25, 0.3) is 0 Å². The molecule has 1 heterocycles. The van der Waals surface area contributed by atoms with E-state index in [0.29, 0.717) is 23.3 Å². The largest absolute Gasteiger partial charge is 0.535 e. The molecule has 1 aliphatic rings. The maximum atomic E-state index is 12.8. The highest BCUT2D eigenvalue weighted by molar-refractivity contribution is 6.47. The SMILES string of the molecule is COc1ccccc1C(=O)C[C@H]1Cc2cccc(C(=O)OCOC(=O)C(C)(C)C)c2OB1O. The van der Waals surface area contributed by atoms with Gasteiger partial charge in [-0.2, -0.15) is 0 Å². The van der Waals surface area contributed by atoms with Gasteiger partial charge in [0.15, 0.2) is 5.78 Å². The Morgan fingerprint density at radius 3 is 2.45 bits per heavy atom. The minimum atomic E-state index is -1.29. The lowest BCUT2D eigenvalue weighted by molar-refractivity contribution is -0.161. The molecule has 2 aromatic carbocycles. The molecule has 1 aliphatic heterocycles. The first kappa shape index (κ1) is 24.3. The van der Waals surface area contributed by atoms with Crippen molar-refractivity contribution < 1.29 is 38.3 Å². The fraction of sp³-hybridized carbons (Fsp3) is 0.375. The molecule has 0 radical (unpaired) electrons. The van der Waals surface area contributed by atoms with Gasteiger partial charge in [-0.05, 0) is 51.0 Å². The fourth-order valence-corrected chi connectivity index (χ4v) is 3.47. The first-order chi connectivity index (χ1) is 15.6. The van der Waals surface area contributed by atoms with Crippen LogP contribution in [0.4, 0.5) is 0 Å². The Kier molecular flexibility index (Phi) is 7.43. The van der Waals surface area contributed by atoms with Gasteiger partial charge in [0.1, 0.15) is 17.1 Å². The number of hydrogen-bond donors (Lipinski definition) is 1. The number of hydrogen-bond acceptors (Lipinski definition) is 8. The minimum Gasteiger partial charge on any atom is -0.535 e. The van der Waals surface area contributed by atoms with Gasteiger partial charge in [0.25, 0.3) is 0 Å². The molecule has 174 valence electrons. The number of ether oxygens (including phenoxy) is 3. The third-order valence-electron chi connectivity index (χ3n) is 5.29. The second-order valence-corrected chi connectivity index (χ2v) is 8.83. The molecule has 0 bridgehead atoms. The number of ketones is 1. The molecule has 0 unspecified atom stereocenters. The topological polar surface area (TPSA) is 108 Å². The van der Waals surface area contributed by atoms with Crippen LogP contribution in [-0.4, -0.2) is 43.8 Å². The first-order valence-electron chi connectivity index (χ1n) is 10.6. The van der Waals surface area contributed by atoms with Gasteiger partial charge in [0.2, 0.25) is 6.79 Å². The van der Waals surface area contributed by atoms with Gasteiger partial charge in [-0.15, -0.1) is 0 Å². The van der Waals surface area contributed by atoms with Gasteiger partial charge in [-0.3, -0.25) is 9.59 Å². The minimum absolute atomic E-state index is 0.0401. The van der Waals surface area contributed by atoms with E-state index in [1.807, 2.05) is 0 Å². The van der Waals surface area contributed by atoms with Crippen LogP contribution in [-0.2, 0) is 20.7 Å². The summed E-state index contributed by atoms with van der Waals surface area (Å²) in [4.78, 5) is 37.2. The molecule has 2 aromatic rings. The van der Waals surface area contributed by atoms with Crippen LogP contribution in [0.5, 0.6) is 11.5 Å². The summed E-state index contributed by atoms with van der Waals surface area (Å²) in [6.45, 7) is 4.54. The van der Waals surface area contributed by atoms with Crippen molar-refractivity contribution in [2.75, 3.05) is 13.9 Å². The molecule has 33 heavy (non-hydrogen) atoms. The maximum absolute atomic E-state index is 12.8. The van der Waals surface area contributed by atoms with Gasteiger partial charge in [-0.25, -0.2) is 4.79 Å². The molecule has 0 aromatic heterocycles. The Labute approximate surface area is 192 Å². The third kappa shape index (κ3) is 5.73. The summed E-state index contributed by atoms with van der Waals surface area (Å²) in [7, 11) is 0.204. The van der Waals surface area contributed by atoms with Gasteiger partial charge in [0.05, 0.1) is 18.1 Å². The summed E-state index contributed by atoms with van der Waals surface area (Å²) in [5.74, 6) is -1.28. The Hall–Kier alpha value is -3.33. The number of para-hydroxylation sites is 2. The number of carbonyl (C=O) groups excluding carboxylic acids is 3. The zero-order chi connectivity index (χ0) is 24.2. The van der Waals surface area contributed by atoms with Crippen molar-refractivity contribution in [3.8, 4) is 11.5 Å². The lowest BCUT2D eigenvalue weighted by atomic mass is 9.64. The van der Waals surface area contributed by atoms with E-state index in [-0.39, 0.29) is 23.5 Å². The van der Waals surface area contributed by atoms with Crippen LogP contribution >= 0.6 is 0 Å². The van der Waals surface area contributed by atoms with E-state index in [1.165, 1.54) is 13.2 Å². The Bertz CT molecular complexity index is 1040. The normalized spacial score (nSPS) is 15.2. The molecular weight excluding hydrogens is 427 g/mol. The average molecular weight is 454 g/mol. The molecule has 0 saturated carbocycles. The van der Waals surface area contributed by atoms with Gasteiger partial charge in [-0.1, -0.05) is 24.3 Å². The molecule has 0 spiro atoms. The molecule has 0 amide bonds. The van der Waals surface area contributed by atoms with Crippen LogP contribution < -0.4 is 9.39 Å². The molecule has 0 aliphatic carbocycles. The van der Waals surface area contributed by atoms with E-state index in [2.05, 4.69) is 0 Å². The van der Waals surface area contributed by atoms with Crippen molar-refractivity contribution in [3.05, 3.63) is 59.2 Å². The van der Waals surface area contributed by atoms with E-state index < -0.39 is 37.1 Å². The third-order valence-corrected chi connectivity index (χ3v) is 5.29. The number of methoxy groups -OCH3 is 1.